The van der Waals surface area contributed by atoms with Gasteiger partial charge >= 0.3 is 5.97 Å². The number of benzene rings is 2. The third kappa shape index (κ3) is 4.14. The molecule has 0 spiro atoms. The Morgan fingerprint density at radius 2 is 1.78 bits per heavy atom. The molecule has 0 amide bonds. The van der Waals surface area contributed by atoms with Gasteiger partial charge in [0, 0.05) is 17.6 Å². The van der Waals surface area contributed by atoms with Gasteiger partial charge in [-0.25, -0.2) is 4.79 Å². The van der Waals surface area contributed by atoms with Crippen molar-refractivity contribution < 1.29 is 9.53 Å². The standard InChI is InChI=1S/C19H20BrNO2/c20-16-9-10-17(18(13-16)21-11-5-2-6-12-21)19(22)23-14-15-7-3-1-4-8-15/h1,3-4,7-10,13H,2,5-6,11-12,14H2. The maximum Gasteiger partial charge on any atom is 0.340 e. The molecule has 0 atom stereocenters. The summed E-state index contributed by atoms with van der Waals surface area (Å²) in [5, 5.41) is 0. The van der Waals surface area contributed by atoms with E-state index in [2.05, 4.69) is 20.8 Å². The van der Waals surface area contributed by atoms with Gasteiger partial charge in [0.05, 0.1) is 11.3 Å². The van der Waals surface area contributed by atoms with Crippen LogP contribution in [-0.2, 0) is 11.3 Å². The lowest BCUT2D eigenvalue weighted by Gasteiger charge is -2.30. The second kappa shape index (κ2) is 7.64. The molecule has 1 aliphatic heterocycles. The van der Waals surface area contributed by atoms with E-state index in [1.807, 2.05) is 48.5 Å². The van der Waals surface area contributed by atoms with Crippen LogP contribution in [0.25, 0.3) is 0 Å². The third-order valence-electron chi connectivity index (χ3n) is 4.09. The van der Waals surface area contributed by atoms with Gasteiger partial charge in [0.25, 0.3) is 0 Å². The first-order chi connectivity index (χ1) is 11.2. The number of halogens is 1. The highest BCUT2D eigenvalue weighted by Gasteiger charge is 2.20. The minimum Gasteiger partial charge on any atom is -0.457 e. The first-order valence-electron chi connectivity index (χ1n) is 7.99. The summed E-state index contributed by atoms with van der Waals surface area (Å²) in [6, 6.07) is 15.5. The number of carbonyl (C=O) groups is 1. The van der Waals surface area contributed by atoms with Crippen LogP contribution in [0.3, 0.4) is 0 Å². The number of nitrogens with zero attached hydrogens (tertiary/aromatic N) is 1. The van der Waals surface area contributed by atoms with Gasteiger partial charge < -0.3 is 9.64 Å². The molecule has 120 valence electrons. The van der Waals surface area contributed by atoms with Crippen LogP contribution >= 0.6 is 15.9 Å². The second-order valence-electron chi connectivity index (χ2n) is 5.77. The molecule has 0 aliphatic carbocycles. The largest absolute Gasteiger partial charge is 0.457 e. The van der Waals surface area contributed by atoms with Crippen molar-refractivity contribution in [1.29, 1.82) is 0 Å². The number of hydrogen-bond acceptors (Lipinski definition) is 3. The minimum absolute atomic E-state index is 0.262. The van der Waals surface area contributed by atoms with Crippen molar-refractivity contribution in [2.24, 2.45) is 0 Å². The van der Waals surface area contributed by atoms with E-state index in [1.165, 1.54) is 19.3 Å². The molecule has 0 N–H and O–H groups in total. The summed E-state index contributed by atoms with van der Waals surface area (Å²) in [7, 11) is 0. The lowest BCUT2D eigenvalue weighted by atomic mass is 10.1. The summed E-state index contributed by atoms with van der Waals surface area (Å²) in [5.41, 5.74) is 2.61. The van der Waals surface area contributed by atoms with Crippen molar-refractivity contribution in [3.8, 4) is 0 Å². The maximum absolute atomic E-state index is 12.5. The van der Waals surface area contributed by atoms with Gasteiger partial charge in [-0.3, -0.25) is 0 Å². The predicted molar refractivity (Wildman–Crippen MR) is 95.8 cm³/mol. The van der Waals surface area contributed by atoms with E-state index >= 15 is 0 Å². The normalized spacial score (nSPS) is 14.6. The molecule has 1 aliphatic rings. The van der Waals surface area contributed by atoms with Gasteiger partial charge in [0.15, 0.2) is 0 Å². The van der Waals surface area contributed by atoms with E-state index in [4.69, 9.17) is 4.74 Å². The highest BCUT2D eigenvalue weighted by atomic mass is 79.9. The van der Waals surface area contributed by atoms with Gasteiger partial charge in [-0.15, -0.1) is 0 Å². The Hall–Kier alpha value is -1.81. The van der Waals surface area contributed by atoms with Crippen molar-refractivity contribution in [3.63, 3.8) is 0 Å². The zero-order chi connectivity index (χ0) is 16.1. The molecular weight excluding hydrogens is 354 g/mol. The highest BCUT2D eigenvalue weighted by Crippen LogP contribution is 2.28. The number of esters is 1. The van der Waals surface area contributed by atoms with Gasteiger partial charge in [0.1, 0.15) is 6.61 Å². The summed E-state index contributed by atoms with van der Waals surface area (Å²) < 4.78 is 6.49. The molecule has 2 aromatic carbocycles. The van der Waals surface area contributed by atoms with Crippen molar-refractivity contribution in [3.05, 3.63) is 64.1 Å². The van der Waals surface area contributed by atoms with Gasteiger partial charge in [0.2, 0.25) is 0 Å². The summed E-state index contributed by atoms with van der Waals surface area (Å²) in [6.45, 7) is 2.29. The van der Waals surface area contributed by atoms with Crippen LogP contribution in [0.4, 0.5) is 5.69 Å². The first kappa shape index (κ1) is 16.1. The minimum atomic E-state index is -0.262. The number of carbonyl (C=O) groups excluding carboxylic acids is 1. The van der Waals surface area contributed by atoms with Crippen LogP contribution in [0.5, 0.6) is 0 Å². The Bertz CT molecular complexity index is 666. The Kier molecular flexibility index (Phi) is 5.34. The molecule has 23 heavy (non-hydrogen) atoms. The lowest BCUT2D eigenvalue weighted by Crippen LogP contribution is -2.31. The Balaban J connectivity index is 1.76. The lowest BCUT2D eigenvalue weighted by molar-refractivity contribution is 0.0473. The fraction of sp³-hybridized carbons (Fsp3) is 0.316. The fourth-order valence-electron chi connectivity index (χ4n) is 2.87. The molecule has 0 saturated carbocycles. The molecule has 0 radical (unpaired) electrons. The molecule has 2 aromatic rings. The first-order valence-corrected chi connectivity index (χ1v) is 8.79. The number of piperidine rings is 1. The van der Waals surface area contributed by atoms with E-state index in [0.717, 1.165) is 28.8 Å². The Labute approximate surface area is 145 Å². The topological polar surface area (TPSA) is 29.5 Å². The quantitative estimate of drug-likeness (QED) is 0.721. The van der Waals surface area contributed by atoms with Gasteiger partial charge in [-0.1, -0.05) is 46.3 Å². The van der Waals surface area contributed by atoms with E-state index in [1.54, 1.807) is 0 Å². The van der Waals surface area contributed by atoms with Crippen molar-refractivity contribution in [1.82, 2.24) is 0 Å². The van der Waals surface area contributed by atoms with Crippen LogP contribution in [0.1, 0.15) is 35.2 Å². The summed E-state index contributed by atoms with van der Waals surface area (Å²) in [6.07, 6.45) is 3.61. The van der Waals surface area contributed by atoms with Crippen molar-refractivity contribution in [2.75, 3.05) is 18.0 Å². The van der Waals surface area contributed by atoms with Crippen LogP contribution in [0.15, 0.2) is 53.0 Å². The molecule has 1 saturated heterocycles. The average Bonchev–Trinajstić information content (AvgIpc) is 2.61. The molecular formula is C19H20BrNO2. The average molecular weight is 374 g/mol. The van der Waals surface area contributed by atoms with Crippen LogP contribution in [0, 0.1) is 0 Å². The molecule has 1 heterocycles. The molecule has 4 heteroatoms. The zero-order valence-corrected chi connectivity index (χ0v) is 14.6. The fourth-order valence-corrected chi connectivity index (χ4v) is 3.22. The molecule has 0 bridgehead atoms. The van der Waals surface area contributed by atoms with Crippen LogP contribution in [-0.4, -0.2) is 19.1 Å². The zero-order valence-electron chi connectivity index (χ0n) is 13.0. The number of anilines is 1. The smallest absolute Gasteiger partial charge is 0.340 e. The number of ether oxygens (including phenoxy) is 1. The van der Waals surface area contributed by atoms with Gasteiger partial charge in [-0.05, 0) is 43.0 Å². The predicted octanol–water partition coefficient (Wildman–Crippen LogP) is 4.80. The van der Waals surface area contributed by atoms with E-state index in [0.29, 0.717) is 12.2 Å². The van der Waals surface area contributed by atoms with E-state index < -0.39 is 0 Å². The monoisotopic (exact) mass is 373 g/mol. The third-order valence-corrected chi connectivity index (χ3v) is 4.58. The summed E-state index contributed by atoms with van der Waals surface area (Å²) >= 11 is 3.51. The second-order valence-corrected chi connectivity index (χ2v) is 6.69. The number of rotatable bonds is 4. The van der Waals surface area contributed by atoms with Crippen LogP contribution < -0.4 is 4.90 Å². The van der Waals surface area contributed by atoms with Crippen molar-refractivity contribution >= 4 is 27.6 Å². The molecule has 3 nitrogen and oxygen atoms in total. The Morgan fingerprint density at radius 3 is 2.52 bits per heavy atom. The summed E-state index contributed by atoms with van der Waals surface area (Å²) in [5.74, 6) is -0.262. The maximum atomic E-state index is 12.5. The van der Waals surface area contributed by atoms with E-state index in [-0.39, 0.29) is 5.97 Å². The molecule has 3 rings (SSSR count). The summed E-state index contributed by atoms with van der Waals surface area (Å²) in [4.78, 5) is 14.8. The van der Waals surface area contributed by atoms with E-state index in [9.17, 15) is 4.79 Å². The van der Waals surface area contributed by atoms with Crippen LogP contribution in [0.2, 0.25) is 0 Å². The highest BCUT2D eigenvalue weighted by molar-refractivity contribution is 9.10. The van der Waals surface area contributed by atoms with Crippen molar-refractivity contribution in [2.45, 2.75) is 25.9 Å². The molecule has 1 fully saturated rings. The SMILES string of the molecule is O=C(OCc1ccccc1)c1ccc(Br)cc1N1CCCCC1. The van der Waals surface area contributed by atoms with Gasteiger partial charge in [-0.2, -0.15) is 0 Å². The number of hydrogen-bond donors (Lipinski definition) is 0. The molecule has 0 unspecified atom stereocenters. The molecule has 0 aromatic heterocycles. The Morgan fingerprint density at radius 1 is 1.04 bits per heavy atom.